The number of methoxy groups -OCH3 is 1. The van der Waals surface area contributed by atoms with Gasteiger partial charge < -0.3 is 40.3 Å². The van der Waals surface area contributed by atoms with Crippen LogP contribution in [0.1, 0.15) is 74.9 Å². The Kier molecular flexibility index (Phi) is 14.2. The first kappa shape index (κ1) is 46.5. The van der Waals surface area contributed by atoms with E-state index >= 15 is 0 Å². The number of hydroxylamine groups is 2. The number of ether oxygens (including phenoxy) is 1. The molecular weight excluding hydrogens is 797 g/mol. The number of nitrogens with zero attached hydrogens (tertiary/aromatic N) is 4. The number of hydrogen-bond donors (Lipinski definition) is 4. The molecular formula is C50H70N6O7. The topological polar surface area (TPSA) is 147 Å². The van der Waals surface area contributed by atoms with E-state index in [1.54, 1.807) is 38.1 Å². The number of nitrogens with one attached hydrogen (secondary N) is 2. The van der Waals surface area contributed by atoms with Crippen LogP contribution in [0.15, 0.2) is 66.7 Å². The quantitative estimate of drug-likeness (QED) is 0.156. The summed E-state index contributed by atoms with van der Waals surface area (Å²) < 4.78 is 6.21. The minimum absolute atomic E-state index is 0.00945. The van der Waals surface area contributed by atoms with Gasteiger partial charge in [-0.2, -0.15) is 5.06 Å². The van der Waals surface area contributed by atoms with Gasteiger partial charge in [-0.05, 0) is 106 Å². The number of amides is 3. The first-order valence-corrected chi connectivity index (χ1v) is 22.8. The fourth-order valence-electron chi connectivity index (χ4n) is 11.3. The molecule has 0 spiro atoms. The van der Waals surface area contributed by atoms with Crippen LogP contribution in [0, 0.1) is 29.1 Å². The van der Waals surface area contributed by atoms with Crippen molar-refractivity contribution in [2.24, 2.45) is 29.1 Å². The van der Waals surface area contributed by atoms with Gasteiger partial charge in [0.05, 0.1) is 26.4 Å². The SMILES string of the molecule is COc1c(CN2O[C@@H](CO)[C@@H]([C@H](C)O)[C@H]2C(=O)N[C@H]2C[C@H]3C[C@@H]([C@@H]2C)C3(C)C)cccc1-c1cc(C(=O)N[C@@H](Cc2ccccc2)CN(C)C)cc(N2CCC[C@@H]2C(=O)N(C)C)c1. The van der Waals surface area contributed by atoms with Crippen LogP contribution < -0.4 is 20.3 Å². The molecule has 2 aliphatic heterocycles. The van der Waals surface area contributed by atoms with Gasteiger partial charge in [-0.1, -0.05) is 69.3 Å². The average molecular weight is 867 g/mol. The molecule has 5 fully saturated rings. The van der Waals surface area contributed by atoms with Crippen LogP contribution in [-0.4, -0.2) is 134 Å². The van der Waals surface area contributed by atoms with Gasteiger partial charge in [0.15, 0.2) is 0 Å². The number of hydrogen-bond acceptors (Lipinski definition) is 10. The fourth-order valence-corrected chi connectivity index (χ4v) is 11.3. The van der Waals surface area contributed by atoms with E-state index in [4.69, 9.17) is 9.57 Å². The Morgan fingerprint density at radius 2 is 1.76 bits per heavy atom. The number of carbonyl (C=O) groups is 3. The predicted octanol–water partition coefficient (Wildman–Crippen LogP) is 4.98. The highest BCUT2D eigenvalue weighted by atomic mass is 16.7. The smallest absolute Gasteiger partial charge is 0.251 e. The first-order chi connectivity index (χ1) is 30.0. The van der Waals surface area contributed by atoms with Crippen LogP contribution in [0.4, 0.5) is 5.69 Å². The van der Waals surface area contributed by atoms with Crippen molar-refractivity contribution in [2.75, 3.05) is 59.9 Å². The van der Waals surface area contributed by atoms with Crippen LogP contribution >= 0.6 is 0 Å². The molecule has 2 bridgehead atoms. The Hall–Kier alpha value is -4.53. The highest BCUT2D eigenvalue weighted by Crippen LogP contribution is 2.61. The zero-order valence-corrected chi connectivity index (χ0v) is 38.7. The van der Waals surface area contributed by atoms with Crippen LogP contribution in [0.3, 0.4) is 0 Å². The lowest BCUT2D eigenvalue weighted by molar-refractivity contribution is -0.183. The molecule has 10 atom stereocenters. The lowest BCUT2D eigenvalue weighted by Crippen LogP contribution is -2.62. The number of likely N-dealkylation sites (N-methyl/N-ethyl adjacent to an activating group) is 2. The lowest BCUT2D eigenvalue weighted by atomic mass is 9.45. The summed E-state index contributed by atoms with van der Waals surface area (Å²) in [5, 5.41) is 29.9. The second-order valence-electron chi connectivity index (χ2n) is 19.7. The molecule has 13 nitrogen and oxygen atoms in total. The van der Waals surface area contributed by atoms with Gasteiger partial charge >= 0.3 is 0 Å². The third-order valence-electron chi connectivity index (χ3n) is 14.7. The summed E-state index contributed by atoms with van der Waals surface area (Å²) >= 11 is 0. The molecule has 0 radical (unpaired) electrons. The summed E-state index contributed by atoms with van der Waals surface area (Å²) in [5.41, 5.74) is 4.77. The molecule has 8 rings (SSSR count). The van der Waals surface area contributed by atoms with E-state index < -0.39 is 24.2 Å². The molecule has 3 saturated carbocycles. The molecule has 5 aliphatic rings. The first-order valence-electron chi connectivity index (χ1n) is 22.8. The van der Waals surface area contributed by atoms with Crippen molar-refractivity contribution in [1.82, 2.24) is 25.5 Å². The van der Waals surface area contributed by atoms with Crippen molar-refractivity contribution in [3.8, 4) is 16.9 Å². The monoisotopic (exact) mass is 867 g/mol. The van der Waals surface area contributed by atoms with E-state index in [1.165, 1.54) is 6.42 Å². The normalized spacial score (nSPS) is 27.4. The Morgan fingerprint density at radius 3 is 2.40 bits per heavy atom. The Bertz CT molecular complexity index is 2090. The minimum atomic E-state index is -0.932. The number of para-hydroxylation sites is 1. The molecule has 3 aliphatic carbocycles. The molecule has 2 saturated heterocycles. The van der Waals surface area contributed by atoms with Gasteiger partial charge in [-0.3, -0.25) is 19.2 Å². The van der Waals surface area contributed by atoms with Gasteiger partial charge in [-0.25, -0.2) is 0 Å². The highest BCUT2D eigenvalue weighted by Gasteiger charge is 2.57. The van der Waals surface area contributed by atoms with Crippen LogP contribution in [0.2, 0.25) is 0 Å². The average Bonchev–Trinajstić information content (AvgIpc) is 3.89. The summed E-state index contributed by atoms with van der Waals surface area (Å²) in [6.07, 6.45) is 2.57. The number of rotatable bonds is 16. The molecule has 4 N–H and O–H groups in total. The van der Waals surface area contributed by atoms with Crippen LogP contribution in [-0.2, 0) is 27.4 Å². The van der Waals surface area contributed by atoms with Crippen molar-refractivity contribution in [1.29, 1.82) is 0 Å². The van der Waals surface area contributed by atoms with E-state index in [0.717, 1.165) is 40.8 Å². The zero-order valence-electron chi connectivity index (χ0n) is 38.7. The van der Waals surface area contributed by atoms with Crippen molar-refractivity contribution >= 4 is 23.4 Å². The van der Waals surface area contributed by atoms with E-state index in [-0.39, 0.29) is 54.4 Å². The highest BCUT2D eigenvalue weighted by molar-refractivity contribution is 5.98. The summed E-state index contributed by atoms with van der Waals surface area (Å²) in [4.78, 5) is 54.5. The van der Waals surface area contributed by atoms with Gasteiger partial charge in [0, 0.05) is 67.6 Å². The Morgan fingerprint density at radius 1 is 1.02 bits per heavy atom. The molecule has 2 heterocycles. The maximum atomic E-state index is 14.5. The van der Waals surface area contributed by atoms with Crippen molar-refractivity contribution in [3.05, 3.63) is 83.4 Å². The predicted molar refractivity (Wildman–Crippen MR) is 245 cm³/mol. The van der Waals surface area contributed by atoms with E-state index in [1.807, 2.05) is 68.7 Å². The van der Waals surface area contributed by atoms with E-state index in [9.17, 15) is 24.6 Å². The molecule has 3 aromatic rings. The van der Waals surface area contributed by atoms with Crippen molar-refractivity contribution in [2.45, 2.75) is 103 Å². The third-order valence-corrected chi connectivity index (χ3v) is 14.7. The summed E-state index contributed by atoms with van der Waals surface area (Å²) in [5.74, 6) is 0.808. The molecule has 63 heavy (non-hydrogen) atoms. The number of carbonyl (C=O) groups excluding carboxylic acids is 3. The molecule has 13 heteroatoms. The molecule has 3 amide bonds. The third kappa shape index (κ3) is 9.64. The number of fused-ring (bicyclic) bond motifs is 2. The summed E-state index contributed by atoms with van der Waals surface area (Å²) in [6, 6.07) is 20.3. The number of benzene rings is 3. The number of aliphatic hydroxyl groups excluding tert-OH is 2. The second kappa shape index (κ2) is 19.3. The van der Waals surface area contributed by atoms with Crippen molar-refractivity contribution in [3.63, 3.8) is 0 Å². The largest absolute Gasteiger partial charge is 0.496 e. The van der Waals surface area contributed by atoms with Crippen molar-refractivity contribution < 1.29 is 34.2 Å². The Balaban J connectivity index is 1.23. The number of aliphatic hydroxyl groups is 2. The van der Waals surface area contributed by atoms with E-state index in [0.29, 0.717) is 55.0 Å². The molecule has 0 unspecified atom stereocenters. The maximum Gasteiger partial charge on any atom is 0.251 e. The summed E-state index contributed by atoms with van der Waals surface area (Å²) in [7, 11) is 9.13. The van der Waals surface area contributed by atoms with E-state index in [2.05, 4.69) is 53.3 Å². The van der Waals surface area contributed by atoms with Crippen LogP contribution in [0.25, 0.3) is 11.1 Å². The number of anilines is 1. The standard InChI is InChI=1S/C50H70N6O7/c1-30-40-25-36(50(40,3)4)26-41(30)52-48(60)45-44(31(2)58)43(29-57)63-56(45)27-33-17-13-18-39(46(33)62-9)34-22-35(24-38(23-34)55-20-14-19-42(55)49(61)54(7)8)47(59)51-37(28-53(5)6)21-32-15-11-10-12-16-32/h10-13,15-18,22-24,30-31,36-37,40-45,57-58H,14,19-21,25-29H2,1-9H3,(H,51,59)(H,52,60)/t30-,31-,36+,37-,40-,41-,42+,43-,44+,45-/m0/s1. The maximum absolute atomic E-state index is 14.5. The molecule has 0 aromatic heterocycles. The second-order valence-corrected chi connectivity index (χ2v) is 19.7. The van der Waals surface area contributed by atoms with Gasteiger partial charge in [0.2, 0.25) is 11.8 Å². The fraction of sp³-hybridized carbons (Fsp3) is 0.580. The zero-order chi connectivity index (χ0) is 45.3. The van der Waals surface area contributed by atoms with Crippen LogP contribution in [0.5, 0.6) is 5.75 Å². The lowest BCUT2D eigenvalue weighted by Gasteiger charge is -2.62. The molecule has 342 valence electrons. The van der Waals surface area contributed by atoms with Gasteiger partial charge in [0.25, 0.3) is 5.91 Å². The summed E-state index contributed by atoms with van der Waals surface area (Å²) in [6.45, 7) is 9.60. The Labute approximate surface area is 374 Å². The molecule has 3 aromatic carbocycles. The minimum Gasteiger partial charge on any atom is -0.496 e. The van der Waals surface area contributed by atoms with Gasteiger partial charge in [-0.15, -0.1) is 0 Å². The van der Waals surface area contributed by atoms with Gasteiger partial charge in [0.1, 0.15) is 23.9 Å².